The van der Waals surface area contributed by atoms with Gasteiger partial charge in [-0.15, -0.1) is 0 Å². The van der Waals surface area contributed by atoms with Gasteiger partial charge in [0.05, 0.1) is 10.9 Å². The van der Waals surface area contributed by atoms with Crippen LogP contribution >= 0.6 is 0 Å². The maximum absolute atomic E-state index is 12.8. The van der Waals surface area contributed by atoms with Crippen molar-refractivity contribution in [1.29, 1.82) is 0 Å². The van der Waals surface area contributed by atoms with Gasteiger partial charge in [-0.05, 0) is 37.0 Å². The van der Waals surface area contributed by atoms with Gasteiger partial charge < -0.3 is 5.11 Å². The molecule has 1 fully saturated rings. The second kappa shape index (κ2) is 4.63. The quantitative estimate of drug-likeness (QED) is 0.911. The van der Waals surface area contributed by atoms with Gasteiger partial charge in [0, 0.05) is 12.7 Å². The highest BCUT2D eigenvalue weighted by Gasteiger charge is 2.46. The smallest absolute Gasteiger partial charge is 0.153 e. The summed E-state index contributed by atoms with van der Waals surface area (Å²) in [5, 5.41) is 9.82. The first-order valence-corrected chi connectivity index (χ1v) is 7.92. The summed E-state index contributed by atoms with van der Waals surface area (Å²) in [6.45, 7) is 0. The zero-order chi connectivity index (χ0) is 13.4. The van der Waals surface area contributed by atoms with Gasteiger partial charge in [-0.25, -0.2) is 12.8 Å². The van der Waals surface area contributed by atoms with Crippen LogP contribution in [0.1, 0.15) is 24.8 Å². The Morgan fingerprint density at radius 3 is 2.56 bits per heavy atom. The molecule has 0 radical (unpaired) electrons. The SMILES string of the molecule is CS(=O)(=O)C1CCCC1(O)Cc1ccc(F)cc1. The van der Waals surface area contributed by atoms with E-state index in [1.54, 1.807) is 12.1 Å². The summed E-state index contributed by atoms with van der Waals surface area (Å²) in [5.41, 5.74) is -0.458. The maximum atomic E-state index is 12.8. The molecule has 2 atom stereocenters. The summed E-state index contributed by atoms with van der Waals surface area (Å²) in [7, 11) is -3.26. The Kier molecular flexibility index (Phi) is 3.47. The number of aliphatic hydroxyl groups is 1. The van der Waals surface area contributed by atoms with E-state index in [2.05, 4.69) is 0 Å². The van der Waals surface area contributed by atoms with Crippen LogP contribution in [0.25, 0.3) is 0 Å². The van der Waals surface area contributed by atoms with Crippen LogP contribution in [0.15, 0.2) is 24.3 Å². The zero-order valence-corrected chi connectivity index (χ0v) is 11.1. The lowest BCUT2D eigenvalue weighted by Crippen LogP contribution is -2.44. The number of sulfone groups is 1. The molecule has 0 amide bonds. The fourth-order valence-corrected chi connectivity index (χ4v) is 4.39. The Morgan fingerprint density at radius 2 is 2.00 bits per heavy atom. The van der Waals surface area contributed by atoms with Crippen LogP contribution in [0.5, 0.6) is 0 Å². The minimum Gasteiger partial charge on any atom is -0.388 e. The van der Waals surface area contributed by atoms with Gasteiger partial charge in [0.15, 0.2) is 9.84 Å². The van der Waals surface area contributed by atoms with E-state index in [9.17, 15) is 17.9 Å². The first-order valence-electron chi connectivity index (χ1n) is 5.97. The summed E-state index contributed by atoms with van der Waals surface area (Å²) in [5.74, 6) is -0.336. The molecule has 0 bridgehead atoms. The third-order valence-electron chi connectivity index (χ3n) is 3.62. The molecular formula is C13H17FO3S. The molecule has 100 valence electrons. The number of hydrogen-bond acceptors (Lipinski definition) is 3. The predicted octanol–water partition coefficient (Wildman–Crippen LogP) is 1.70. The Hall–Kier alpha value is -0.940. The molecule has 2 unspecified atom stereocenters. The van der Waals surface area contributed by atoms with Crippen LogP contribution in [-0.4, -0.2) is 30.6 Å². The van der Waals surface area contributed by atoms with Gasteiger partial charge in [-0.1, -0.05) is 12.1 Å². The third-order valence-corrected chi connectivity index (χ3v) is 5.32. The molecule has 1 saturated carbocycles. The number of rotatable bonds is 3. The molecule has 0 aliphatic heterocycles. The van der Waals surface area contributed by atoms with E-state index in [0.717, 1.165) is 5.56 Å². The molecule has 1 aromatic rings. The highest BCUT2D eigenvalue weighted by molar-refractivity contribution is 7.91. The van der Waals surface area contributed by atoms with E-state index < -0.39 is 20.7 Å². The average molecular weight is 272 g/mol. The molecule has 18 heavy (non-hydrogen) atoms. The van der Waals surface area contributed by atoms with E-state index in [1.165, 1.54) is 18.4 Å². The molecular weight excluding hydrogens is 255 g/mol. The Labute approximate surface area is 107 Å². The Bertz CT molecular complexity index is 524. The van der Waals surface area contributed by atoms with Crippen LogP contribution in [0, 0.1) is 5.82 Å². The Morgan fingerprint density at radius 1 is 1.39 bits per heavy atom. The Balaban J connectivity index is 2.23. The standard InChI is InChI=1S/C13H17FO3S/c1-18(16,17)12-3-2-8-13(12,15)9-10-4-6-11(14)7-5-10/h4-7,12,15H,2-3,8-9H2,1H3. The summed E-state index contributed by atoms with van der Waals surface area (Å²) in [6, 6.07) is 5.82. The largest absolute Gasteiger partial charge is 0.388 e. The molecule has 3 nitrogen and oxygen atoms in total. The normalized spacial score (nSPS) is 28.5. The minimum atomic E-state index is -3.26. The molecule has 0 spiro atoms. The van der Waals surface area contributed by atoms with Crippen molar-refractivity contribution in [3.05, 3.63) is 35.6 Å². The molecule has 1 aliphatic rings. The lowest BCUT2D eigenvalue weighted by Gasteiger charge is -2.29. The second-order valence-corrected chi connectivity index (χ2v) is 7.35. The monoisotopic (exact) mass is 272 g/mol. The van der Waals surface area contributed by atoms with Crippen molar-refractivity contribution in [2.24, 2.45) is 0 Å². The highest BCUT2D eigenvalue weighted by Crippen LogP contribution is 2.37. The van der Waals surface area contributed by atoms with Crippen LogP contribution in [0.3, 0.4) is 0 Å². The number of benzene rings is 1. The van der Waals surface area contributed by atoms with Crippen LogP contribution in [0.2, 0.25) is 0 Å². The van der Waals surface area contributed by atoms with Gasteiger partial charge >= 0.3 is 0 Å². The number of hydrogen-bond donors (Lipinski definition) is 1. The molecule has 1 aliphatic carbocycles. The van der Waals surface area contributed by atoms with Crippen LogP contribution < -0.4 is 0 Å². The van der Waals surface area contributed by atoms with E-state index >= 15 is 0 Å². The minimum absolute atomic E-state index is 0.255. The van der Waals surface area contributed by atoms with Crippen molar-refractivity contribution in [1.82, 2.24) is 0 Å². The fraction of sp³-hybridized carbons (Fsp3) is 0.538. The molecule has 0 heterocycles. The van der Waals surface area contributed by atoms with Crippen molar-refractivity contribution in [3.63, 3.8) is 0 Å². The third kappa shape index (κ3) is 2.72. The highest BCUT2D eigenvalue weighted by atomic mass is 32.2. The molecule has 5 heteroatoms. The molecule has 1 aromatic carbocycles. The lowest BCUT2D eigenvalue weighted by atomic mass is 9.93. The topological polar surface area (TPSA) is 54.4 Å². The van der Waals surface area contributed by atoms with Crippen LogP contribution in [0.4, 0.5) is 4.39 Å². The first-order chi connectivity index (χ1) is 8.31. The molecule has 2 rings (SSSR count). The van der Waals surface area contributed by atoms with Crippen molar-refractivity contribution >= 4 is 9.84 Å². The van der Waals surface area contributed by atoms with Gasteiger partial charge in [-0.3, -0.25) is 0 Å². The first kappa shape index (κ1) is 13.5. The molecule has 0 saturated heterocycles. The van der Waals surface area contributed by atoms with Crippen molar-refractivity contribution in [2.75, 3.05) is 6.26 Å². The molecule has 1 N–H and O–H groups in total. The lowest BCUT2D eigenvalue weighted by molar-refractivity contribution is 0.0512. The van der Waals surface area contributed by atoms with Crippen LogP contribution in [-0.2, 0) is 16.3 Å². The average Bonchev–Trinajstić information content (AvgIpc) is 2.63. The number of halogens is 1. The fourth-order valence-electron chi connectivity index (χ4n) is 2.79. The van der Waals surface area contributed by atoms with E-state index in [-0.39, 0.29) is 12.2 Å². The molecule has 0 aromatic heterocycles. The van der Waals surface area contributed by atoms with Crippen molar-refractivity contribution in [3.8, 4) is 0 Å². The van der Waals surface area contributed by atoms with Gasteiger partial charge in [-0.2, -0.15) is 0 Å². The second-order valence-electron chi connectivity index (χ2n) is 5.12. The van der Waals surface area contributed by atoms with Gasteiger partial charge in [0.1, 0.15) is 5.82 Å². The van der Waals surface area contributed by atoms with Gasteiger partial charge in [0.2, 0.25) is 0 Å². The van der Waals surface area contributed by atoms with Crippen molar-refractivity contribution < 1.29 is 17.9 Å². The van der Waals surface area contributed by atoms with E-state index in [4.69, 9.17) is 0 Å². The summed E-state index contributed by atoms with van der Waals surface area (Å²) in [6.07, 6.45) is 3.09. The summed E-state index contributed by atoms with van der Waals surface area (Å²) in [4.78, 5) is 0. The van der Waals surface area contributed by atoms with E-state index in [1.807, 2.05) is 0 Å². The maximum Gasteiger partial charge on any atom is 0.153 e. The summed E-state index contributed by atoms with van der Waals surface area (Å²) < 4.78 is 36.2. The van der Waals surface area contributed by atoms with Crippen molar-refractivity contribution in [2.45, 2.75) is 36.5 Å². The zero-order valence-electron chi connectivity index (χ0n) is 10.3. The summed E-state index contributed by atoms with van der Waals surface area (Å²) >= 11 is 0. The predicted molar refractivity (Wildman–Crippen MR) is 67.5 cm³/mol. The van der Waals surface area contributed by atoms with E-state index in [0.29, 0.717) is 19.3 Å². The van der Waals surface area contributed by atoms with Gasteiger partial charge in [0.25, 0.3) is 0 Å².